The molecule has 0 aliphatic carbocycles. The van der Waals surface area contributed by atoms with E-state index in [1.807, 2.05) is 0 Å². The number of hydrogen-bond donors (Lipinski definition) is 0. The average molecular weight is 454 g/mol. The van der Waals surface area contributed by atoms with Gasteiger partial charge in [-0.15, -0.1) is 0 Å². The maximum atomic E-state index is 9.28. The Labute approximate surface area is 150 Å². The van der Waals surface area contributed by atoms with E-state index in [0.717, 1.165) is 0 Å². The van der Waals surface area contributed by atoms with Crippen molar-refractivity contribution in [1.82, 2.24) is 0 Å². The third-order valence-electron chi connectivity index (χ3n) is 0.577. The molecule has 0 bridgehead atoms. The number of carbonyl (C=O) groups is 4. The van der Waals surface area contributed by atoms with Crippen molar-refractivity contribution in [3.8, 4) is 0 Å². The standard InChI is InChI=1S/2C3H4O4.Ba.Cd/c2*4-2(5)1-3(6)7;;/h2*1H2,(H,4,5)(H,6,7);;/q;;2*+2/p-4. The second kappa shape index (κ2) is 15.4. The monoisotopic (exact) mass is 456 g/mol. The van der Waals surface area contributed by atoms with E-state index < -0.39 is 36.7 Å². The van der Waals surface area contributed by atoms with Crippen LogP contribution in [0.15, 0.2) is 0 Å². The van der Waals surface area contributed by atoms with Gasteiger partial charge in [0.15, 0.2) is 0 Å². The molecule has 10 heteroatoms. The fourth-order valence-electron chi connectivity index (χ4n) is 0.236. The molecule has 0 N–H and O–H groups in total. The second-order valence-electron chi connectivity index (χ2n) is 1.84. The molecule has 0 aliphatic heterocycles. The van der Waals surface area contributed by atoms with E-state index in [2.05, 4.69) is 0 Å². The normalized spacial score (nSPS) is 7.00. The zero-order valence-electron chi connectivity index (χ0n) is 8.09. The van der Waals surface area contributed by atoms with E-state index in [0.29, 0.717) is 0 Å². The number of carboxylic acids is 4. The third-order valence-corrected chi connectivity index (χ3v) is 0.577. The van der Waals surface area contributed by atoms with Crippen LogP contribution in [0.4, 0.5) is 0 Å². The molecule has 8 nitrogen and oxygen atoms in total. The molecule has 0 radical (unpaired) electrons. The Kier molecular flexibility index (Phi) is 24.3. The molecule has 0 aromatic rings. The first-order valence-electron chi connectivity index (χ1n) is 3.05. The molecule has 0 heterocycles. The van der Waals surface area contributed by atoms with Crippen LogP contribution in [0.3, 0.4) is 0 Å². The van der Waals surface area contributed by atoms with Gasteiger partial charge in [0.1, 0.15) is 0 Å². The van der Waals surface area contributed by atoms with Crippen molar-refractivity contribution >= 4 is 72.8 Å². The predicted molar refractivity (Wildman–Crippen MR) is 35.0 cm³/mol. The van der Waals surface area contributed by atoms with Gasteiger partial charge in [-0.05, 0) is 0 Å². The summed E-state index contributed by atoms with van der Waals surface area (Å²) in [5.41, 5.74) is 0. The summed E-state index contributed by atoms with van der Waals surface area (Å²) in [5, 5.41) is 37.1. The Morgan fingerprint density at radius 3 is 0.750 bits per heavy atom. The Hall–Kier alpha value is 0.374. The molecule has 0 spiro atoms. The van der Waals surface area contributed by atoms with E-state index in [-0.39, 0.29) is 76.2 Å². The predicted octanol–water partition coefficient (Wildman–Crippen LogP) is -6.63. The van der Waals surface area contributed by atoms with E-state index in [4.69, 9.17) is 0 Å². The molecule has 0 fully saturated rings. The van der Waals surface area contributed by atoms with Crippen LogP contribution in [0.5, 0.6) is 0 Å². The minimum atomic E-state index is -1.63. The number of rotatable bonds is 4. The van der Waals surface area contributed by atoms with Gasteiger partial charge in [0.05, 0.1) is 0 Å². The summed E-state index contributed by atoms with van der Waals surface area (Å²) in [6, 6.07) is 0. The van der Waals surface area contributed by atoms with E-state index in [9.17, 15) is 39.6 Å². The Morgan fingerprint density at radius 1 is 0.625 bits per heavy atom. The molecule has 0 saturated carbocycles. The summed E-state index contributed by atoms with van der Waals surface area (Å²) in [6.07, 6.45) is -2.06. The fraction of sp³-hybridized carbons (Fsp3) is 0.333. The van der Waals surface area contributed by atoms with E-state index in [1.165, 1.54) is 0 Å². The van der Waals surface area contributed by atoms with Crippen molar-refractivity contribution in [3.05, 3.63) is 0 Å². The van der Waals surface area contributed by atoms with Crippen molar-refractivity contribution in [1.29, 1.82) is 0 Å². The van der Waals surface area contributed by atoms with E-state index >= 15 is 0 Å². The third kappa shape index (κ3) is 36.7. The van der Waals surface area contributed by atoms with Crippen molar-refractivity contribution in [2.75, 3.05) is 0 Å². The van der Waals surface area contributed by atoms with Crippen LogP contribution < -0.4 is 20.4 Å². The summed E-state index contributed by atoms with van der Waals surface area (Å²) in [4.78, 5) is 37.1. The molecule has 0 unspecified atom stereocenters. The molecule has 0 amide bonds. The molecule has 0 rings (SSSR count). The maximum absolute atomic E-state index is 9.28. The summed E-state index contributed by atoms with van der Waals surface area (Å²) in [6.45, 7) is 0. The van der Waals surface area contributed by atoms with Crippen molar-refractivity contribution in [2.24, 2.45) is 0 Å². The SMILES string of the molecule is O=C([O-])CC(=O)[O-].O=C([O-])CC(=O)[O-].[Ba+2].[Cd+2]. The first-order valence-corrected chi connectivity index (χ1v) is 3.05. The van der Waals surface area contributed by atoms with Crippen molar-refractivity contribution < 1.29 is 66.9 Å². The van der Waals surface area contributed by atoms with Crippen LogP contribution in [0.2, 0.25) is 0 Å². The first kappa shape index (κ1) is 25.3. The Balaban J connectivity index is -0.0000000800. The number of carboxylic acid groups (broad SMARTS) is 4. The average Bonchev–Trinajstić information content (AvgIpc) is 1.79. The quantitative estimate of drug-likeness (QED) is 0.300. The van der Waals surface area contributed by atoms with Crippen LogP contribution >= 0.6 is 0 Å². The number of aliphatic carboxylic acids is 4. The summed E-state index contributed by atoms with van der Waals surface area (Å²) < 4.78 is 0. The van der Waals surface area contributed by atoms with Gasteiger partial charge < -0.3 is 39.6 Å². The second-order valence-corrected chi connectivity index (χ2v) is 1.84. The Morgan fingerprint density at radius 2 is 0.750 bits per heavy atom. The summed E-state index contributed by atoms with van der Waals surface area (Å²) in [7, 11) is 0. The van der Waals surface area contributed by atoms with E-state index in [1.54, 1.807) is 0 Å². The van der Waals surface area contributed by atoms with Crippen molar-refractivity contribution in [3.63, 3.8) is 0 Å². The topological polar surface area (TPSA) is 161 Å². The van der Waals surface area contributed by atoms with Crippen LogP contribution in [0.25, 0.3) is 0 Å². The first-order chi connectivity index (χ1) is 6.25. The summed E-state index contributed by atoms with van der Waals surface area (Å²) in [5.74, 6) is -6.50. The molecule has 0 atom stereocenters. The summed E-state index contributed by atoms with van der Waals surface area (Å²) >= 11 is 0. The molecule has 16 heavy (non-hydrogen) atoms. The molecular formula is C6H4BaCdO8. The van der Waals surface area contributed by atoms with Crippen molar-refractivity contribution in [2.45, 2.75) is 12.8 Å². The van der Waals surface area contributed by atoms with Crippen LogP contribution in [0.1, 0.15) is 12.8 Å². The largest absolute Gasteiger partial charge is 2.00 e. The zero-order chi connectivity index (χ0) is 11.7. The minimum Gasteiger partial charge on any atom is -0.550 e. The molecule has 80 valence electrons. The fourth-order valence-corrected chi connectivity index (χ4v) is 0.236. The molecule has 0 aromatic carbocycles. The van der Waals surface area contributed by atoms with Gasteiger partial charge in [-0.1, -0.05) is 0 Å². The van der Waals surface area contributed by atoms with Gasteiger partial charge in [0.2, 0.25) is 0 Å². The molecule has 0 aromatic heterocycles. The molecular weight excluding hydrogens is 450 g/mol. The maximum Gasteiger partial charge on any atom is 2.00 e. The van der Waals surface area contributed by atoms with Crippen LogP contribution in [-0.4, -0.2) is 72.8 Å². The van der Waals surface area contributed by atoms with Gasteiger partial charge >= 0.3 is 76.2 Å². The molecule has 0 saturated heterocycles. The molecule has 0 aliphatic rings. The smallest absolute Gasteiger partial charge is 0.550 e. The zero-order valence-corrected chi connectivity index (χ0v) is 16.6. The van der Waals surface area contributed by atoms with Gasteiger partial charge in [0, 0.05) is 36.7 Å². The number of hydrogen-bond acceptors (Lipinski definition) is 8. The number of carbonyl (C=O) groups excluding carboxylic acids is 4. The van der Waals surface area contributed by atoms with Crippen LogP contribution in [-0.2, 0) is 46.5 Å². The minimum absolute atomic E-state index is 0. The van der Waals surface area contributed by atoms with Crippen LogP contribution in [0, 0.1) is 0 Å². The van der Waals surface area contributed by atoms with Gasteiger partial charge in [-0.2, -0.15) is 0 Å². The van der Waals surface area contributed by atoms with Gasteiger partial charge in [-0.3, -0.25) is 0 Å². The van der Waals surface area contributed by atoms with Gasteiger partial charge in [-0.25, -0.2) is 0 Å². The Bertz CT molecular complexity index is 203. The van der Waals surface area contributed by atoms with Gasteiger partial charge in [0.25, 0.3) is 0 Å².